The summed E-state index contributed by atoms with van der Waals surface area (Å²) in [6.07, 6.45) is 0.923. The number of benzene rings is 2. The Labute approximate surface area is 157 Å². The molecule has 0 amide bonds. The number of rotatable bonds is 6. The van der Waals surface area contributed by atoms with Crippen LogP contribution in [0.1, 0.15) is 56.7 Å². The van der Waals surface area contributed by atoms with Crippen LogP contribution in [0.2, 0.25) is 0 Å². The minimum atomic E-state index is -0.0947. The highest BCUT2D eigenvalue weighted by atomic mass is 16.5. The Morgan fingerprint density at radius 2 is 1.65 bits per heavy atom. The molecule has 0 aliphatic carbocycles. The van der Waals surface area contributed by atoms with E-state index in [1.807, 2.05) is 6.07 Å². The SMILES string of the molecule is CC(C)c1ccc(COCC(C)(C)c2ccc3c(c2)OCCCO3)cc1. The molecule has 1 aliphatic rings. The van der Waals surface area contributed by atoms with Gasteiger partial charge in [-0.2, -0.15) is 0 Å². The van der Waals surface area contributed by atoms with E-state index in [2.05, 4.69) is 64.1 Å². The molecule has 140 valence electrons. The zero-order chi connectivity index (χ0) is 18.6. The first-order valence-corrected chi connectivity index (χ1v) is 9.52. The van der Waals surface area contributed by atoms with Crippen LogP contribution in [0.15, 0.2) is 42.5 Å². The van der Waals surface area contributed by atoms with Crippen LogP contribution in [-0.2, 0) is 16.8 Å². The van der Waals surface area contributed by atoms with E-state index in [1.54, 1.807) is 0 Å². The maximum atomic E-state index is 6.04. The largest absolute Gasteiger partial charge is 0.490 e. The van der Waals surface area contributed by atoms with Crippen LogP contribution in [0.5, 0.6) is 11.5 Å². The smallest absolute Gasteiger partial charge is 0.161 e. The monoisotopic (exact) mass is 354 g/mol. The Balaban J connectivity index is 1.60. The molecule has 0 aromatic heterocycles. The first-order valence-electron chi connectivity index (χ1n) is 9.52. The Kier molecular flexibility index (Phi) is 5.87. The standard InChI is InChI=1S/C23H30O3/c1-17(2)19-8-6-18(7-9-19)15-24-16-23(3,4)20-10-11-21-22(14-20)26-13-5-12-25-21/h6-11,14,17H,5,12-13,15-16H2,1-4H3. The highest BCUT2D eigenvalue weighted by molar-refractivity contribution is 5.45. The molecule has 3 rings (SSSR count). The van der Waals surface area contributed by atoms with Gasteiger partial charge in [-0.3, -0.25) is 0 Å². The van der Waals surface area contributed by atoms with Crippen LogP contribution < -0.4 is 9.47 Å². The minimum Gasteiger partial charge on any atom is -0.490 e. The van der Waals surface area contributed by atoms with Crippen LogP contribution in [0.25, 0.3) is 0 Å². The average molecular weight is 354 g/mol. The summed E-state index contributed by atoms with van der Waals surface area (Å²) in [5.74, 6) is 2.24. The van der Waals surface area contributed by atoms with Crippen LogP contribution in [0.4, 0.5) is 0 Å². The maximum absolute atomic E-state index is 6.04. The lowest BCUT2D eigenvalue weighted by molar-refractivity contribution is 0.0824. The lowest BCUT2D eigenvalue weighted by Gasteiger charge is -2.26. The third-order valence-electron chi connectivity index (χ3n) is 4.91. The van der Waals surface area contributed by atoms with Crippen molar-refractivity contribution in [2.24, 2.45) is 0 Å². The molecule has 0 N–H and O–H groups in total. The van der Waals surface area contributed by atoms with Gasteiger partial charge in [-0.05, 0) is 34.7 Å². The second-order valence-corrected chi connectivity index (χ2v) is 7.98. The van der Waals surface area contributed by atoms with Gasteiger partial charge in [-0.25, -0.2) is 0 Å². The predicted molar refractivity (Wildman–Crippen MR) is 105 cm³/mol. The molecule has 3 heteroatoms. The Morgan fingerprint density at radius 3 is 2.35 bits per heavy atom. The molecular weight excluding hydrogens is 324 g/mol. The molecule has 1 heterocycles. The second-order valence-electron chi connectivity index (χ2n) is 7.98. The van der Waals surface area contributed by atoms with Crippen molar-refractivity contribution in [1.82, 2.24) is 0 Å². The molecule has 0 spiro atoms. The average Bonchev–Trinajstić information content (AvgIpc) is 2.86. The Hall–Kier alpha value is -2.00. The van der Waals surface area contributed by atoms with Gasteiger partial charge < -0.3 is 14.2 Å². The quantitative estimate of drug-likeness (QED) is 0.689. The molecule has 2 aromatic rings. The molecular formula is C23H30O3. The van der Waals surface area contributed by atoms with Crippen LogP contribution in [0.3, 0.4) is 0 Å². The Morgan fingerprint density at radius 1 is 0.962 bits per heavy atom. The van der Waals surface area contributed by atoms with E-state index in [-0.39, 0.29) is 5.41 Å². The third-order valence-corrected chi connectivity index (χ3v) is 4.91. The highest BCUT2D eigenvalue weighted by Crippen LogP contribution is 2.35. The van der Waals surface area contributed by atoms with Gasteiger partial charge in [-0.15, -0.1) is 0 Å². The Bertz CT molecular complexity index is 717. The van der Waals surface area contributed by atoms with Gasteiger partial charge in [0, 0.05) is 11.8 Å². The summed E-state index contributed by atoms with van der Waals surface area (Å²) in [4.78, 5) is 0. The van der Waals surface area contributed by atoms with Gasteiger partial charge in [0.1, 0.15) is 0 Å². The van der Waals surface area contributed by atoms with Gasteiger partial charge >= 0.3 is 0 Å². The third kappa shape index (κ3) is 4.59. The summed E-state index contributed by atoms with van der Waals surface area (Å²) in [6, 6.07) is 14.9. The summed E-state index contributed by atoms with van der Waals surface area (Å²) in [7, 11) is 0. The lowest BCUT2D eigenvalue weighted by atomic mass is 9.85. The van der Waals surface area contributed by atoms with E-state index < -0.39 is 0 Å². The van der Waals surface area contributed by atoms with Crippen molar-refractivity contribution in [3.63, 3.8) is 0 Å². The van der Waals surface area contributed by atoms with Crippen molar-refractivity contribution >= 4 is 0 Å². The molecule has 0 saturated carbocycles. The van der Waals surface area contributed by atoms with Crippen molar-refractivity contribution in [3.8, 4) is 11.5 Å². The lowest BCUT2D eigenvalue weighted by Crippen LogP contribution is -2.24. The molecule has 2 aromatic carbocycles. The molecule has 0 atom stereocenters. The fraction of sp³-hybridized carbons (Fsp3) is 0.478. The van der Waals surface area contributed by atoms with Gasteiger partial charge in [-0.1, -0.05) is 58.0 Å². The van der Waals surface area contributed by atoms with Gasteiger partial charge in [0.25, 0.3) is 0 Å². The molecule has 1 aliphatic heterocycles. The first kappa shape index (κ1) is 18.8. The minimum absolute atomic E-state index is 0.0947. The summed E-state index contributed by atoms with van der Waals surface area (Å²) in [5, 5.41) is 0. The number of hydrogen-bond donors (Lipinski definition) is 0. The van der Waals surface area contributed by atoms with Crippen molar-refractivity contribution in [3.05, 3.63) is 59.2 Å². The van der Waals surface area contributed by atoms with Gasteiger partial charge in [0.2, 0.25) is 0 Å². The summed E-state index contributed by atoms with van der Waals surface area (Å²) in [6.45, 7) is 11.5. The van der Waals surface area contributed by atoms with E-state index in [0.717, 1.165) is 17.9 Å². The molecule has 0 radical (unpaired) electrons. The van der Waals surface area contributed by atoms with Crippen molar-refractivity contribution < 1.29 is 14.2 Å². The normalized spacial score (nSPS) is 14.3. The van der Waals surface area contributed by atoms with E-state index in [4.69, 9.17) is 14.2 Å². The number of fused-ring (bicyclic) bond motifs is 1. The van der Waals surface area contributed by atoms with E-state index >= 15 is 0 Å². The zero-order valence-corrected chi connectivity index (χ0v) is 16.4. The van der Waals surface area contributed by atoms with Crippen LogP contribution in [-0.4, -0.2) is 19.8 Å². The van der Waals surface area contributed by atoms with Gasteiger partial charge in [0.05, 0.1) is 26.4 Å². The summed E-state index contributed by atoms with van der Waals surface area (Å²) >= 11 is 0. The fourth-order valence-corrected chi connectivity index (χ4v) is 3.09. The molecule has 3 nitrogen and oxygen atoms in total. The zero-order valence-electron chi connectivity index (χ0n) is 16.4. The molecule has 26 heavy (non-hydrogen) atoms. The second kappa shape index (κ2) is 8.13. The fourth-order valence-electron chi connectivity index (χ4n) is 3.09. The van der Waals surface area contributed by atoms with E-state index in [1.165, 1.54) is 16.7 Å². The van der Waals surface area contributed by atoms with E-state index in [9.17, 15) is 0 Å². The topological polar surface area (TPSA) is 27.7 Å². The molecule has 0 fully saturated rings. The summed E-state index contributed by atoms with van der Waals surface area (Å²) in [5.41, 5.74) is 3.68. The van der Waals surface area contributed by atoms with Crippen molar-refractivity contribution in [1.29, 1.82) is 0 Å². The maximum Gasteiger partial charge on any atom is 0.161 e. The van der Waals surface area contributed by atoms with Crippen LogP contribution >= 0.6 is 0 Å². The van der Waals surface area contributed by atoms with Crippen LogP contribution in [0, 0.1) is 0 Å². The van der Waals surface area contributed by atoms with Crippen molar-refractivity contribution in [2.75, 3.05) is 19.8 Å². The predicted octanol–water partition coefficient (Wildman–Crippen LogP) is 5.47. The molecule has 0 saturated heterocycles. The number of ether oxygens (including phenoxy) is 3. The van der Waals surface area contributed by atoms with Crippen molar-refractivity contribution in [2.45, 2.75) is 52.1 Å². The molecule has 0 bridgehead atoms. The number of hydrogen-bond acceptors (Lipinski definition) is 3. The molecule has 0 unspecified atom stereocenters. The summed E-state index contributed by atoms with van der Waals surface area (Å²) < 4.78 is 17.6. The first-order chi connectivity index (χ1) is 12.5. The van der Waals surface area contributed by atoms with E-state index in [0.29, 0.717) is 32.3 Å². The van der Waals surface area contributed by atoms with Gasteiger partial charge in [0.15, 0.2) is 11.5 Å². The highest BCUT2D eigenvalue weighted by Gasteiger charge is 2.23.